The Morgan fingerprint density at radius 1 is 1.30 bits per heavy atom. The molecule has 0 aromatic carbocycles. The Labute approximate surface area is 67.5 Å². The van der Waals surface area contributed by atoms with E-state index in [1.165, 1.54) is 0 Å². The van der Waals surface area contributed by atoms with Crippen LogP contribution in [0.25, 0.3) is 0 Å². The number of halogens is 1. The Bertz CT molecular complexity index is 66.6. The average Bonchev–Trinajstić information content (AvgIpc) is 1.87. The lowest BCUT2D eigenvalue weighted by atomic mass is 10.2. The monoisotopic (exact) mass is 166 g/mol. The number of alkyl halides is 1. The van der Waals surface area contributed by atoms with E-state index in [2.05, 4.69) is 13.8 Å². The van der Waals surface area contributed by atoms with Crippen molar-refractivity contribution in [1.82, 2.24) is 0 Å². The minimum Gasteiger partial charge on any atom is -0.355 e. The fourth-order valence-electron chi connectivity index (χ4n) is 0.456. The second-order valence-corrected chi connectivity index (χ2v) is 2.86. The Hall–Kier alpha value is 0.210. The molecule has 0 spiro atoms. The van der Waals surface area contributed by atoms with Crippen molar-refractivity contribution in [2.45, 2.75) is 13.8 Å². The van der Waals surface area contributed by atoms with E-state index in [0.29, 0.717) is 25.2 Å². The maximum atomic E-state index is 5.36. The number of hydrogen-bond donors (Lipinski definition) is 0. The molecule has 0 amide bonds. The quantitative estimate of drug-likeness (QED) is 0.341. The molecule has 0 fully saturated rings. The first-order chi connectivity index (χ1) is 4.77. The first kappa shape index (κ1) is 10.2. The van der Waals surface area contributed by atoms with Crippen molar-refractivity contribution < 1.29 is 9.47 Å². The molecule has 10 heavy (non-hydrogen) atoms. The van der Waals surface area contributed by atoms with Gasteiger partial charge in [-0.3, -0.25) is 0 Å². The highest BCUT2D eigenvalue weighted by atomic mass is 35.5. The Morgan fingerprint density at radius 3 is 2.50 bits per heavy atom. The summed E-state index contributed by atoms with van der Waals surface area (Å²) in [4.78, 5) is 0. The van der Waals surface area contributed by atoms with Crippen molar-refractivity contribution in [3.05, 3.63) is 0 Å². The third-order valence-corrected chi connectivity index (χ3v) is 0.994. The molecule has 0 aliphatic heterocycles. The van der Waals surface area contributed by atoms with E-state index in [4.69, 9.17) is 21.1 Å². The van der Waals surface area contributed by atoms with Crippen molar-refractivity contribution in [2.24, 2.45) is 5.92 Å². The van der Waals surface area contributed by atoms with Gasteiger partial charge in [0.25, 0.3) is 0 Å². The van der Waals surface area contributed by atoms with E-state index >= 15 is 0 Å². The lowest BCUT2D eigenvalue weighted by molar-refractivity contribution is -0.0566. The molecule has 0 N–H and O–H groups in total. The first-order valence-electron chi connectivity index (χ1n) is 3.48. The van der Waals surface area contributed by atoms with E-state index in [1.54, 1.807) is 0 Å². The highest BCUT2D eigenvalue weighted by Gasteiger charge is 1.92. The predicted octanol–water partition coefficient (Wildman–Crippen LogP) is 1.87. The third kappa shape index (κ3) is 8.21. The molecule has 0 aliphatic carbocycles. The van der Waals surface area contributed by atoms with Gasteiger partial charge in [0.15, 0.2) is 0 Å². The van der Waals surface area contributed by atoms with E-state index in [9.17, 15) is 0 Å². The Morgan fingerprint density at radius 2 is 2.00 bits per heavy atom. The number of rotatable bonds is 6. The summed E-state index contributed by atoms with van der Waals surface area (Å²) in [5.74, 6) is 1.10. The SMILES string of the molecule is CC(C)COCOCCCl. The van der Waals surface area contributed by atoms with Gasteiger partial charge in [-0.05, 0) is 5.92 Å². The number of hydrogen-bond acceptors (Lipinski definition) is 2. The summed E-state index contributed by atoms with van der Waals surface area (Å²) in [5, 5.41) is 0. The molecule has 2 nitrogen and oxygen atoms in total. The summed E-state index contributed by atoms with van der Waals surface area (Å²) >= 11 is 5.36. The summed E-state index contributed by atoms with van der Waals surface area (Å²) in [5.41, 5.74) is 0. The van der Waals surface area contributed by atoms with Gasteiger partial charge in [0.05, 0.1) is 13.2 Å². The van der Waals surface area contributed by atoms with Gasteiger partial charge < -0.3 is 9.47 Å². The zero-order valence-electron chi connectivity index (χ0n) is 6.60. The van der Waals surface area contributed by atoms with Crippen LogP contribution in [-0.2, 0) is 9.47 Å². The minimum absolute atomic E-state index is 0.366. The molecule has 0 saturated carbocycles. The van der Waals surface area contributed by atoms with Crippen molar-refractivity contribution in [1.29, 1.82) is 0 Å². The predicted molar refractivity (Wildman–Crippen MR) is 42.3 cm³/mol. The molecule has 3 heteroatoms. The van der Waals surface area contributed by atoms with Crippen LogP contribution in [0.2, 0.25) is 0 Å². The first-order valence-corrected chi connectivity index (χ1v) is 4.02. The Balaban J connectivity index is 2.77. The lowest BCUT2D eigenvalue weighted by Crippen LogP contribution is -2.06. The maximum absolute atomic E-state index is 5.36. The zero-order valence-corrected chi connectivity index (χ0v) is 7.36. The third-order valence-electron chi connectivity index (χ3n) is 0.839. The summed E-state index contributed by atoms with van der Waals surface area (Å²) in [6, 6.07) is 0. The second-order valence-electron chi connectivity index (χ2n) is 2.48. The lowest BCUT2D eigenvalue weighted by Gasteiger charge is -2.05. The highest BCUT2D eigenvalue weighted by Crippen LogP contribution is 1.92. The maximum Gasteiger partial charge on any atom is 0.146 e. The summed E-state index contributed by atoms with van der Waals surface area (Å²) in [6.45, 7) is 5.88. The van der Waals surface area contributed by atoms with E-state index < -0.39 is 0 Å². The molecular weight excluding hydrogens is 152 g/mol. The zero-order chi connectivity index (χ0) is 7.82. The van der Waals surface area contributed by atoms with Crippen LogP contribution in [0.4, 0.5) is 0 Å². The number of ether oxygens (including phenoxy) is 2. The topological polar surface area (TPSA) is 18.5 Å². The molecule has 0 aromatic heterocycles. The second kappa shape index (κ2) is 7.32. The fraction of sp³-hybridized carbons (Fsp3) is 1.00. The molecule has 0 saturated heterocycles. The molecule has 0 unspecified atom stereocenters. The minimum atomic E-state index is 0.366. The van der Waals surface area contributed by atoms with Crippen LogP contribution in [0, 0.1) is 5.92 Å². The van der Waals surface area contributed by atoms with Gasteiger partial charge in [-0.15, -0.1) is 11.6 Å². The van der Waals surface area contributed by atoms with Gasteiger partial charge in [-0.2, -0.15) is 0 Å². The molecular formula is C7H15ClO2. The van der Waals surface area contributed by atoms with Gasteiger partial charge in [0, 0.05) is 5.88 Å². The largest absolute Gasteiger partial charge is 0.355 e. The normalized spacial score (nSPS) is 10.8. The van der Waals surface area contributed by atoms with Gasteiger partial charge >= 0.3 is 0 Å². The molecule has 0 atom stereocenters. The highest BCUT2D eigenvalue weighted by molar-refractivity contribution is 6.17. The van der Waals surface area contributed by atoms with Crippen LogP contribution in [-0.4, -0.2) is 25.9 Å². The molecule has 0 radical (unpaired) electrons. The van der Waals surface area contributed by atoms with Crippen molar-refractivity contribution in [3.63, 3.8) is 0 Å². The van der Waals surface area contributed by atoms with Crippen LogP contribution in [0.1, 0.15) is 13.8 Å². The molecule has 0 heterocycles. The average molecular weight is 167 g/mol. The smallest absolute Gasteiger partial charge is 0.146 e. The van der Waals surface area contributed by atoms with E-state index in [1.807, 2.05) is 0 Å². The van der Waals surface area contributed by atoms with Crippen molar-refractivity contribution in [2.75, 3.05) is 25.9 Å². The molecule has 0 aliphatic rings. The van der Waals surface area contributed by atoms with Crippen molar-refractivity contribution in [3.8, 4) is 0 Å². The standard InChI is InChI=1S/C7H15ClO2/c1-7(2)5-10-6-9-4-3-8/h7H,3-6H2,1-2H3. The molecule has 0 rings (SSSR count). The molecule has 62 valence electrons. The molecule has 0 aromatic rings. The van der Waals surface area contributed by atoms with E-state index in [-0.39, 0.29) is 0 Å². The van der Waals surface area contributed by atoms with Gasteiger partial charge in [0.1, 0.15) is 6.79 Å². The Kier molecular flexibility index (Phi) is 7.47. The van der Waals surface area contributed by atoms with Gasteiger partial charge in [0.2, 0.25) is 0 Å². The van der Waals surface area contributed by atoms with Crippen LogP contribution in [0.3, 0.4) is 0 Å². The van der Waals surface area contributed by atoms with Gasteiger partial charge in [-0.25, -0.2) is 0 Å². The molecule has 0 bridgehead atoms. The van der Waals surface area contributed by atoms with Gasteiger partial charge in [-0.1, -0.05) is 13.8 Å². The summed E-state index contributed by atoms with van der Waals surface area (Å²) in [7, 11) is 0. The van der Waals surface area contributed by atoms with Crippen LogP contribution in [0.15, 0.2) is 0 Å². The van der Waals surface area contributed by atoms with Crippen LogP contribution in [0.5, 0.6) is 0 Å². The van der Waals surface area contributed by atoms with Crippen molar-refractivity contribution >= 4 is 11.6 Å². The summed E-state index contributed by atoms with van der Waals surface area (Å²) in [6.07, 6.45) is 0. The van der Waals surface area contributed by atoms with E-state index in [0.717, 1.165) is 6.61 Å². The fourth-order valence-corrected chi connectivity index (χ4v) is 0.565. The van der Waals surface area contributed by atoms with Crippen LogP contribution >= 0.6 is 11.6 Å². The van der Waals surface area contributed by atoms with Crippen LogP contribution < -0.4 is 0 Å². The summed E-state index contributed by atoms with van der Waals surface area (Å²) < 4.78 is 10.1.